The van der Waals surface area contributed by atoms with Crippen LogP contribution in [0.1, 0.15) is 18.9 Å². The van der Waals surface area contributed by atoms with E-state index in [-0.39, 0.29) is 5.78 Å². The van der Waals surface area contributed by atoms with Crippen molar-refractivity contribution < 1.29 is 4.79 Å². The summed E-state index contributed by atoms with van der Waals surface area (Å²) in [7, 11) is 0. The molecule has 122 valence electrons. The topological polar surface area (TPSA) is 60.7 Å². The van der Waals surface area contributed by atoms with Crippen LogP contribution in [0.15, 0.2) is 53.9 Å². The maximum absolute atomic E-state index is 11.7. The first kappa shape index (κ1) is 16.4. The summed E-state index contributed by atoms with van der Waals surface area (Å²) in [6, 6.07) is 11.9. The zero-order valence-corrected chi connectivity index (χ0v) is 14.5. The van der Waals surface area contributed by atoms with E-state index in [9.17, 15) is 4.79 Å². The summed E-state index contributed by atoms with van der Waals surface area (Å²) < 4.78 is 2.01. The number of para-hydroxylation sites is 1. The summed E-state index contributed by atoms with van der Waals surface area (Å²) in [5.74, 6) is 1.35. The second-order valence-corrected chi connectivity index (χ2v) is 6.29. The highest BCUT2D eigenvalue weighted by Crippen LogP contribution is 2.29. The van der Waals surface area contributed by atoms with Gasteiger partial charge < -0.3 is 0 Å². The van der Waals surface area contributed by atoms with Gasteiger partial charge in [0.25, 0.3) is 0 Å². The maximum atomic E-state index is 11.7. The van der Waals surface area contributed by atoms with Crippen LogP contribution in [-0.4, -0.2) is 31.3 Å². The average Bonchev–Trinajstić information content (AvgIpc) is 3.04. The van der Waals surface area contributed by atoms with E-state index in [0.717, 1.165) is 27.8 Å². The molecule has 0 saturated carbocycles. The van der Waals surface area contributed by atoms with Crippen molar-refractivity contribution in [3.63, 3.8) is 0 Å². The van der Waals surface area contributed by atoms with Gasteiger partial charge in [-0.1, -0.05) is 36.9 Å². The van der Waals surface area contributed by atoms with Gasteiger partial charge in [0.15, 0.2) is 11.0 Å². The van der Waals surface area contributed by atoms with E-state index in [0.29, 0.717) is 12.2 Å². The molecule has 0 radical (unpaired) electrons. The molecule has 0 unspecified atom stereocenters. The molecule has 3 rings (SSSR count). The monoisotopic (exact) mass is 338 g/mol. The number of benzene rings is 1. The number of hydrogen-bond donors (Lipinski definition) is 0. The molecule has 0 fully saturated rings. The zero-order valence-electron chi connectivity index (χ0n) is 13.6. The summed E-state index contributed by atoms with van der Waals surface area (Å²) in [5, 5.41) is 9.40. The molecule has 6 heteroatoms. The first-order chi connectivity index (χ1) is 11.7. The van der Waals surface area contributed by atoms with Crippen LogP contribution in [0.25, 0.3) is 17.1 Å². The minimum atomic E-state index is 0.199. The quantitative estimate of drug-likeness (QED) is 0.641. The summed E-state index contributed by atoms with van der Waals surface area (Å²) in [6.07, 6.45) is 4.00. The fraction of sp³-hybridized carbons (Fsp3) is 0.222. The number of hydrogen-bond acceptors (Lipinski definition) is 5. The number of carbonyl (C=O) groups is 1. The minimum Gasteiger partial charge on any atom is -0.299 e. The number of Topliss-reactive ketones (excluding diaryl/α,β-unsaturated/α-hetero) is 1. The van der Waals surface area contributed by atoms with Crippen LogP contribution in [0.2, 0.25) is 0 Å². The summed E-state index contributed by atoms with van der Waals surface area (Å²) in [6.45, 7) is 3.93. The smallest absolute Gasteiger partial charge is 0.196 e. The van der Waals surface area contributed by atoms with E-state index >= 15 is 0 Å². The first-order valence-electron chi connectivity index (χ1n) is 7.77. The van der Waals surface area contributed by atoms with E-state index in [1.165, 1.54) is 11.8 Å². The highest BCUT2D eigenvalue weighted by atomic mass is 32.2. The molecule has 2 heterocycles. The Morgan fingerprint density at radius 3 is 2.58 bits per heavy atom. The van der Waals surface area contributed by atoms with Gasteiger partial charge in [-0.2, -0.15) is 0 Å². The lowest BCUT2D eigenvalue weighted by atomic mass is 10.2. The van der Waals surface area contributed by atoms with Crippen LogP contribution < -0.4 is 0 Å². The largest absolute Gasteiger partial charge is 0.299 e. The summed E-state index contributed by atoms with van der Waals surface area (Å²) in [4.78, 5) is 15.8. The van der Waals surface area contributed by atoms with Gasteiger partial charge in [0.05, 0.1) is 11.4 Å². The third-order valence-corrected chi connectivity index (χ3v) is 4.67. The second-order valence-electron chi connectivity index (χ2n) is 5.34. The fourth-order valence-electron chi connectivity index (χ4n) is 2.33. The number of rotatable bonds is 6. The Bertz CT molecular complexity index is 845. The van der Waals surface area contributed by atoms with Gasteiger partial charge in [-0.3, -0.25) is 14.3 Å². The Balaban J connectivity index is 2.09. The maximum Gasteiger partial charge on any atom is 0.196 e. The molecule has 24 heavy (non-hydrogen) atoms. The Morgan fingerprint density at radius 2 is 1.88 bits per heavy atom. The molecule has 0 aliphatic rings. The van der Waals surface area contributed by atoms with Crippen molar-refractivity contribution in [2.45, 2.75) is 25.4 Å². The molecule has 0 aliphatic heterocycles. The number of pyridine rings is 1. The molecule has 0 saturated heterocycles. The molecular weight excluding hydrogens is 320 g/mol. The number of ketones is 1. The number of aromatic nitrogens is 4. The van der Waals surface area contributed by atoms with Crippen molar-refractivity contribution in [2.24, 2.45) is 0 Å². The van der Waals surface area contributed by atoms with Gasteiger partial charge in [0, 0.05) is 24.4 Å². The molecular formula is C18H18N4OS. The molecule has 1 aromatic carbocycles. The minimum absolute atomic E-state index is 0.199. The van der Waals surface area contributed by atoms with Gasteiger partial charge in [0.1, 0.15) is 5.78 Å². The first-order valence-corrected chi connectivity index (χ1v) is 8.75. The van der Waals surface area contributed by atoms with Crippen LogP contribution in [-0.2, 0) is 4.79 Å². The standard InChI is InChI=1S/C18H18N4OS/c1-3-15(23)12-24-18-21-20-17(14-8-10-19-11-9-14)22(18)16-7-5-4-6-13(16)2/h4-11H,3,12H2,1-2H3. The lowest BCUT2D eigenvalue weighted by Gasteiger charge is -2.12. The highest BCUT2D eigenvalue weighted by molar-refractivity contribution is 7.99. The van der Waals surface area contributed by atoms with E-state index in [1.54, 1.807) is 12.4 Å². The van der Waals surface area contributed by atoms with Crippen molar-refractivity contribution in [1.82, 2.24) is 19.7 Å². The van der Waals surface area contributed by atoms with E-state index in [1.807, 2.05) is 41.8 Å². The SMILES string of the molecule is CCC(=O)CSc1nnc(-c2ccncc2)n1-c1ccccc1C. The number of carbonyl (C=O) groups excluding carboxylic acids is 1. The Kier molecular flexibility index (Phi) is 5.05. The second kappa shape index (κ2) is 7.40. The fourth-order valence-corrected chi connectivity index (χ4v) is 3.24. The lowest BCUT2D eigenvalue weighted by Crippen LogP contribution is -2.04. The third kappa shape index (κ3) is 3.38. The van der Waals surface area contributed by atoms with Crippen molar-refractivity contribution in [3.05, 3.63) is 54.4 Å². The van der Waals surface area contributed by atoms with Crippen LogP contribution in [0, 0.1) is 6.92 Å². The van der Waals surface area contributed by atoms with Gasteiger partial charge >= 0.3 is 0 Å². The molecule has 3 aromatic rings. The molecule has 0 atom stereocenters. The molecule has 0 bridgehead atoms. The van der Waals surface area contributed by atoms with Crippen molar-refractivity contribution in [3.8, 4) is 17.1 Å². The van der Waals surface area contributed by atoms with Gasteiger partial charge in [0.2, 0.25) is 0 Å². The van der Waals surface area contributed by atoms with E-state index < -0.39 is 0 Å². The third-order valence-electron chi connectivity index (χ3n) is 3.68. The van der Waals surface area contributed by atoms with Crippen molar-refractivity contribution >= 4 is 17.5 Å². The summed E-state index contributed by atoms with van der Waals surface area (Å²) >= 11 is 1.42. The summed E-state index contributed by atoms with van der Waals surface area (Å²) in [5.41, 5.74) is 3.08. The van der Waals surface area contributed by atoms with E-state index in [2.05, 4.69) is 28.2 Å². The molecule has 2 aromatic heterocycles. The van der Waals surface area contributed by atoms with Crippen LogP contribution in [0.3, 0.4) is 0 Å². The molecule has 0 aliphatic carbocycles. The Hall–Kier alpha value is -2.47. The normalized spacial score (nSPS) is 10.8. The number of aryl methyl sites for hydroxylation is 1. The lowest BCUT2D eigenvalue weighted by molar-refractivity contribution is -0.116. The molecule has 0 spiro atoms. The molecule has 5 nitrogen and oxygen atoms in total. The predicted octanol–water partition coefficient (Wildman–Crippen LogP) is 3.71. The van der Waals surface area contributed by atoms with Gasteiger partial charge in [-0.05, 0) is 30.7 Å². The number of thioether (sulfide) groups is 1. The van der Waals surface area contributed by atoms with E-state index in [4.69, 9.17) is 0 Å². The number of nitrogens with zero attached hydrogens (tertiary/aromatic N) is 4. The predicted molar refractivity (Wildman–Crippen MR) is 95.3 cm³/mol. The Labute approximate surface area is 145 Å². The molecule has 0 amide bonds. The zero-order chi connectivity index (χ0) is 16.9. The van der Waals surface area contributed by atoms with Crippen LogP contribution in [0.4, 0.5) is 0 Å². The average molecular weight is 338 g/mol. The highest BCUT2D eigenvalue weighted by Gasteiger charge is 2.17. The molecule has 0 N–H and O–H groups in total. The van der Waals surface area contributed by atoms with Crippen LogP contribution in [0.5, 0.6) is 0 Å². The van der Waals surface area contributed by atoms with Crippen molar-refractivity contribution in [2.75, 3.05) is 5.75 Å². The van der Waals surface area contributed by atoms with Crippen LogP contribution >= 0.6 is 11.8 Å². The Morgan fingerprint density at radius 1 is 1.12 bits per heavy atom. The van der Waals surface area contributed by atoms with Gasteiger partial charge in [-0.15, -0.1) is 10.2 Å². The van der Waals surface area contributed by atoms with Crippen molar-refractivity contribution in [1.29, 1.82) is 0 Å². The van der Waals surface area contributed by atoms with Gasteiger partial charge in [-0.25, -0.2) is 0 Å².